The van der Waals surface area contributed by atoms with E-state index >= 15 is 0 Å². The van der Waals surface area contributed by atoms with Gasteiger partial charge in [-0.05, 0) is 42.7 Å². The summed E-state index contributed by atoms with van der Waals surface area (Å²) in [6, 6.07) is 8.34. The van der Waals surface area contributed by atoms with Gasteiger partial charge in [-0.2, -0.15) is 0 Å². The van der Waals surface area contributed by atoms with Crippen LogP contribution in [0.25, 0.3) is 15.3 Å². The minimum absolute atomic E-state index is 0.173. The second kappa shape index (κ2) is 9.53. The SMILES string of the molecule is COC(=O)CNC(=O)[C@H](CC(C)C)NC(=O)c1ccc2nc(-n3cccc3)sc2c1. The Balaban J connectivity index is 1.74. The molecule has 2 N–H and O–H groups in total. The number of hydrogen-bond acceptors (Lipinski definition) is 6. The van der Waals surface area contributed by atoms with Gasteiger partial charge in [-0.25, -0.2) is 4.98 Å². The predicted molar refractivity (Wildman–Crippen MR) is 115 cm³/mol. The van der Waals surface area contributed by atoms with Crippen LogP contribution >= 0.6 is 11.3 Å². The summed E-state index contributed by atoms with van der Waals surface area (Å²) in [4.78, 5) is 41.1. The van der Waals surface area contributed by atoms with Crippen molar-refractivity contribution >= 4 is 39.3 Å². The first kappa shape index (κ1) is 21.5. The molecule has 8 nitrogen and oxygen atoms in total. The summed E-state index contributed by atoms with van der Waals surface area (Å²) in [6.07, 6.45) is 4.27. The van der Waals surface area contributed by atoms with Crippen LogP contribution in [0.1, 0.15) is 30.6 Å². The second-order valence-corrected chi connectivity index (χ2v) is 8.23. The molecular weight excluding hydrogens is 404 g/mol. The minimum atomic E-state index is -0.755. The summed E-state index contributed by atoms with van der Waals surface area (Å²) in [5.41, 5.74) is 1.24. The van der Waals surface area contributed by atoms with Crippen LogP contribution in [0.2, 0.25) is 0 Å². The Morgan fingerprint density at radius 1 is 1.20 bits per heavy atom. The third kappa shape index (κ3) is 5.24. The smallest absolute Gasteiger partial charge is 0.325 e. The number of methoxy groups -OCH3 is 1. The van der Waals surface area contributed by atoms with Crippen LogP contribution < -0.4 is 10.6 Å². The number of carbonyl (C=O) groups excluding carboxylic acids is 3. The van der Waals surface area contributed by atoms with E-state index < -0.39 is 17.9 Å². The van der Waals surface area contributed by atoms with Gasteiger partial charge in [0.1, 0.15) is 12.6 Å². The van der Waals surface area contributed by atoms with E-state index in [1.54, 1.807) is 18.2 Å². The van der Waals surface area contributed by atoms with Gasteiger partial charge in [-0.1, -0.05) is 25.2 Å². The van der Waals surface area contributed by atoms with Crippen LogP contribution in [0.3, 0.4) is 0 Å². The zero-order chi connectivity index (χ0) is 21.7. The van der Waals surface area contributed by atoms with E-state index in [-0.39, 0.29) is 18.4 Å². The molecule has 0 spiro atoms. The first-order valence-electron chi connectivity index (χ1n) is 9.56. The van der Waals surface area contributed by atoms with E-state index in [2.05, 4.69) is 20.4 Å². The normalized spacial score (nSPS) is 12.0. The van der Waals surface area contributed by atoms with Gasteiger partial charge in [-0.3, -0.25) is 14.4 Å². The number of rotatable bonds is 8. The van der Waals surface area contributed by atoms with Crippen molar-refractivity contribution in [3.63, 3.8) is 0 Å². The number of ether oxygens (including phenoxy) is 1. The summed E-state index contributed by atoms with van der Waals surface area (Å²) in [5.74, 6) is -1.15. The highest BCUT2D eigenvalue weighted by Gasteiger charge is 2.23. The van der Waals surface area contributed by atoms with E-state index in [0.717, 1.165) is 15.3 Å². The molecule has 9 heteroatoms. The van der Waals surface area contributed by atoms with Crippen LogP contribution in [-0.2, 0) is 14.3 Å². The Labute approximate surface area is 178 Å². The van der Waals surface area contributed by atoms with Gasteiger partial charge >= 0.3 is 5.97 Å². The molecule has 0 aliphatic rings. The fraction of sp³-hybridized carbons (Fsp3) is 0.333. The predicted octanol–water partition coefficient (Wildman–Crippen LogP) is 2.52. The van der Waals surface area contributed by atoms with Crippen molar-refractivity contribution in [2.45, 2.75) is 26.3 Å². The Kier molecular flexibility index (Phi) is 6.83. The zero-order valence-electron chi connectivity index (χ0n) is 17.0. The average molecular weight is 429 g/mol. The molecule has 158 valence electrons. The van der Waals surface area contributed by atoms with Crippen LogP contribution in [0.15, 0.2) is 42.7 Å². The average Bonchev–Trinajstić information content (AvgIpc) is 3.39. The van der Waals surface area contributed by atoms with E-state index in [9.17, 15) is 14.4 Å². The molecule has 3 rings (SSSR count). The van der Waals surface area contributed by atoms with Crippen LogP contribution in [-0.4, -0.2) is 47.0 Å². The summed E-state index contributed by atoms with van der Waals surface area (Å²) >= 11 is 1.48. The molecule has 0 radical (unpaired) electrons. The zero-order valence-corrected chi connectivity index (χ0v) is 17.9. The molecule has 2 amide bonds. The number of fused-ring (bicyclic) bond motifs is 1. The van der Waals surface area contributed by atoms with Crippen molar-refractivity contribution in [1.82, 2.24) is 20.2 Å². The van der Waals surface area contributed by atoms with E-state index in [4.69, 9.17) is 0 Å². The molecule has 0 aliphatic heterocycles. The maximum Gasteiger partial charge on any atom is 0.325 e. The molecule has 30 heavy (non-hydrogen) atoms. The Hall–Kier alpha value is -3.20. The number of nitrogens with one attached hydrogen (secondary N) is 2. The van der Waals surface area contributed by atoms with E-state index in [1.807, 2.05) is 42.9 Å². The highest BCUT2D eigenvalue weighted by molar-refractivity contribution is 7.20. The van der Waals surface area contributed by atoms with Gasteiger partial charge in [0.2, 0.25) is 5.91 Å². The molecule has 2 aromatic heterocycles. The standard InChI is InChI=1S/C21H24N4O4S/c1-13(2)10-16(20(28)22-12-18(26)29-3)23-19(27)14-6-7-15-17(11-14)30-21(24-15)25-8-4-5-9-25/h4-9,11,13,16H,10,12H2,1-3H3,(H,22,28)(H,23,27)/t16-/m0/s1. The molecule has 0 saturated carbocycles. The lowest BCUT2D eigenvalue weighted by Crippen LogP contribution is -2.48. The lowest BCUT2D eigenvalue weighted by atomic mass is 10.0. The monoisotopic (exact) mass is 428 g/mol. The lowest BCUT2D eigenvalue weighted by molar-refractivity contribution is -0.141. The number of thiazole rings is 1. The molecule has 0 saturated heterocycles. The first-order chi connectivity index (χ1) is 14.4. The molecule has 1 atom stereocenters. The summed E-state index contributed by atoms with van der Waals surface area (Å²) in [7, 11) is 1.25. The third-order valence-electron chi connectivity index (χ3n) is 4.43. The highest BCUT2D eigenvalue weighted by atomic mass is 32.1. The summed E-state index contributed by atoms with van der Waals surface area (Å²) in [6.45, 7) is 3.67. The number of nitrogens with zero attached hydrogens (tertiary/aromatic N) is 2. The molecule has 3 aromatic rings. The van der Waals surface area contributed by atoms with E-state index in [1.165, 1.54) is 18.4 Å². The number of hydrogen-bond donors (Lipinski definition) is 2. The Morgan fingerprint density at radius 3 is 2.60 bits per heavy atom. The molecule has 0 bridgehead atoms. The van der Waals surface area contributed by atoms with Crippen molar-refractivity contribution in [3.8, 4) is 5.13 Å². The minimum Gasteiger partial charge on any atom is -0.468 e. The van der Waals surface area contributed by atoms with Crippen molar-refractivity contribution in [2.75, 3.05) is 13.7 Å². The molecule has 1 aromatic carbocycles. The maximum absolute atomic E-state index is 12.8. The van der Waals surface area contributed by atoms with Crippen LogP contribution in [0, 0.1) is 5.92 Å². The lowest BCUT2D eigenvalue weighted by Gasteiger charge is -2.20. The van der Waals surface area contributed by atoms with E-state index in [0.29, 0.717) is 12.0 Å². The van der Waals surface area contributed by atoms with Crippen molar-refractivity contribution in [1.29, 1.82) is 0 Å². The summed E-state index contributed by atoms with van der Waals surface area (Å²) < 4.78 is 7.32. The maximum atomic E-state index is 12.8. The Morgan fingerprint density at radius 2 is 1.93 bits per heavy atom. The molecular formula is C21H24N4O4S. The topological polar surface area (TPSA) is 102 Å². The fourth-order valence-corrected chi connectivity index (χ4v) is 3.90. The number of carbonyl (C=O) groups is 3. The summed E-state index contributed by atoms with van der Waals surface area (Å²) in [5, 5.41) is 6.10. The molecule has 2 heterocycles. The van der Waals surface area contributed by atoms with Gasteiger partial charge in [0, 0.05) is 18.0 Å². The van der Waals surface area contributed by atoms with Gasteiger partial charge < -0.3 is 19.9 Å². The van der Waals surface area contributed by atoms with Gasteiger partial charge in [0.05, 0.1) is 17.3 Å². The first-order valence-corrected chi connectivity index (χ1v) is 10.4. The van der Waals surface area contributed by atoms with Gasteiger partial charge in [0.15, 0.2) is 5.13 Å². The van der Waals surface area contributed by atoms with Crippen molar-refractivity contribution < 1.29 is 19.1 Å². The van der Waals surface area contributed by atoms with Crippen LogP contribution in [0.5, 0.6) is 0 Å². The second-order valence-electron chi connectivity index (χ2n) is 7.22. The number of amides is 2. The molecule has 0 fully saturated rings. The van der Waals surface area contributed by atoms with Gasteiger partial charge in [-0.15, -0.1) is 0 Å². The van der Waals surface area contributed by atoms with Crippen LogP contribution in [0.4, 0.5) is 0 Å². The highest BCUT2D eigenvalue weighted by Crippen LogP contribution is 2.26. The van der Waals surface area contributed by atoms with Crippen molar-refractivity contribution in [3.05, 3.63) is 48.3 Å². The molecule has 0 unspecified atom stereocenters. The van der Waals surface area contributed by atoms with Gasteiger partial charge in [0.25, 0.3) is 5.91 Å². The number of benzene rings is 1. The quantitative estimate of drug-likeness (QED) is 0.537. The molecule has 0 aliphatic carbocycles. The number of aromatic nitrogens is 2. The largest absolute Gasteiger partial charge is 0.468 e. The fourth-order valence-electron chi connectivity index (χ4n) is 2.93. The van der Waals surface area contributed by atoms with Crippen molar-refractivity contribution in [2.24, 2.45) is 5.92 Å². The number of esters is 1. The Bertz CT molecular complexity index is 1040. The third-order valence-corrected chi connectivity index (χ3v) is 5.46.